The third-order valence-electron chi connectivity index (χ3n) is 3.09. The van der Waals surface area contributed by atoms with Gasteiger partial charge in [0.2, 0.25) is 0 Å². The quantitative estimate of drug-likeness (QED) is 0.497. The largest absolute Gasteiger partial charge is 0.383 e. The molecule has 2 unspecified atom stereocenters. The van der Waals surface area contributed by atoms with Gasteiger partial charge in [-0.2, -0.15) is 0 Å². The molecule has 0 spiro atoms. The summed E-state index contributed by atoms with van der Waals surface area (Å²) in [6.07, 6.45) is 2.65. The van der Waals surface area contributed by atoms with Crippen LogP contribution in [0.1, 0.15) is 19.8 Å². The molecule has 0 radical (unpaired) electrons. The number of aliphatic imine (C=N–C) groups is 1. The molecule has 1 fully saturated rings. The van der Waals surface area contributed by atoms with Crippen LogP contribution >= 0.6 is 0 Å². The Kier molecular flexibility index (Phi) is 5.71. The van der Waals surface area contributed by atoms with Crippen molar-refractivity contribution in [2.24, 2.45) is 16.6 Å². The molecule has 0 aromatic rings. The summed E-state index contributed by atoms with van der Waals surface area (Å²) < 4.78 is 5.04. The summed E-state index contributed by atoms with van der Waals surface area (Å²) in [4.78, 5) is 6.66. The van der Waals surface area contributed by atoms with E-state index in [2.05, 4.69) is 29.3 Å². The highest BCUT2D eigenvalue weighted by molar-refractivity contribution is 5.78. The molecule has 1 aliphatic carbocycles. The monoisotopic (exact) mass is 242 g/mol. The van der Waals surface area contributed by atoms with E-state index in [0.717, 1.165) is 12.5 Å². The number of hydrogen-bond donors (Lipinski definition) is 2. The van der Waals surface area contributed by atoms with Crippen LogP contribution in [0.3, 0.4) is 0 Å². The highest BCUT2D eigenvalue weighted by Gasteiger charge is 2.32. The first kappa shape index (κ1) is 14.3. The summed E-state index contributed by atoms with van der Waals surface area (Å²) in [5.74, 6) is 1.32. The lowest BCUT2D eigenvalue weighted by Gasteiger charge is -2.22. The Hall–Kier alpha value is -0.810. The van der Waals surface area contributed by atoms with Gasteiger partial charge in [0, 0.05) is 19.2 Å². The Balaban J connectivity index is 2.34. The van der Waals surface area contributed by atoms with E-state index >= 15 is 0 Å². The van der Waals surface area contributed by atoms with Gasteiger partial charge in [-0.3, -0.25) is 4.99 Å². The second-order valence-electron chi connectivity index (χ2n) is 5.10. The van der Waals surface area contributed by atoms with Crippen molar-refractivity contribution in [1.82, 2.24) is 10.2 Å². The van der Waals surface area contributed by atoms with Crippen LogP contribution in [-0.4, -0.2) is 57.3 Å². The topological polar surface area (TPSA) is 62.9 Å². The smallest absolute Gasteiger partial charge is 0.188 e. The standard InChI is InChI=1S/C12H26N4O/c1-9(8-17-4)15-12(13)14-7-11(16(2)3)10-5-6-10/h9-11H,5-8H2,1-4H3,(H3,13,14,15). The zero-order chi connectivity index (χ0) is 12.8. The lowest BCUT2D eigenvalue weighted by atomic mass is 10.2. The van der Waals surface area contributed by atoms with Gasteiger partial charge >= 0.3 is 0 Å². The summed E-state index contributed by atoms with van der Waals surface area (Å²) in [5, 5.41) is 3.12. The molecule has 1 rings (SSSR count). The van der Waals surface area contributed by atoms with Crippen molar-refractivity contribution in [3.05, 3.63) is 0 Å². The number of guanidine groups is 1. The van der Waals surface area contributed by atoms with Crippen molar-refractivity contribution >= 4 is 5.96 Å². The van der Waals surface area contributed by atoms with Gasteiger partial charge < -0.3 is 20.7 Å². The third-order valence-corrected chi connectivity index (χ3v) is 3.09. The number of methoxy groups -OCH3 is 1. The predicted molar refractivity (Wildman–Crippen MR) is 71.2 cm³/mol. The van der Waals surface area contributed by atoms with Gasteiger partial charge in [0.1, 0.15) is 0 Å². The van der Waals surface area contributed by atoms with E-state index in [9.17, 15) is 0 Å². The molecule has 0 aliphatic heterocycles. The highest BCUT2D eigenvalue weighted by Crippen LogP contribution is 2.34. The first-order valence-electron chi connectivity index (χ1n) is 6.26. The molecule has 0 heterocycles. The molecule has 1 saturated carbocycles. The number of likely N-dealkylation sites (N-methyl/N-ethyl adjacent to an activating group) is 1. The highest BCUT2D eigenvalue weighted by atomic mass is 16.5. The fourth-order valence-corrected chi connectivity index (χ4v) is 2.00. The first-order valence-corrected chi connectivity index (χ1v) is 6.26. The number of rotatable bonds is 7. The number of nitrogens with two attached hydrogens (primary N) is 1. The molecule has 0 aromatic carbocycles. The van der Waals surface area contributed by atoms with Gasteiger partial charge in [-0.25, -0.2) is 0 Å². The maximum Gasteiger partial charge on any atom is 0.188 e. The van der Waals surface area contributed by atoms with E-state index in [1.165, 1.54) is 12.8 Å². The molecule has 2 atom stereocenters. The molecular weight excluding hydrogens is 216 g/mol. The van der Waals surface area contributed by atoms with Crippen LogP contribution in [-0.2, 0) is 4.74 Å². The zero-order valence-electron chi connectivity index (χ0n) is 11.4. The number of nitrogens with one attached hydrogen (secondary N) is 1. The van der Waals surface area contributed by atoms with E-state index in [0.29, 0.717) is 18.6 Å². The summed E-state index contributed by atoms with van der Waals surface area (Å²) in [7, 11) is 5.89. The fourth-order valence-electron chi connectivity index (χ4n) is 2.00. The first-order chi connectivity index (χ1) is 8.04. The van der Waals surface area contributed by atoms with Crippen LogP contribution in [0.4, 0.5) is 0 Å². The molecule has 0 aromatic heterocycles. The summed E-state index contributed by atoms with van der Waals surface area (Å²) in [5.41, 5.74) is 5.84. The maximum absolute atomic E-state index is 5.84. The van der Waals surface area contributed by atoms with Crippen molar-refractivity contribution in [2.45, 2.75) is 31.8 Å². The fraction of sp³-hybridized carbons (Fsp3) is 0.917. The molecule has 3 N–H and O–H groups in total. The van der Waals surface area contributed by atoms with Crippen LogP contribution in [0.5, 0.6) is 0 Å². The van der Waals surface area contributed by atoms with Crippen molar-refractivity contribution < 1.29 is 4.74 Å². The molecular formula is C12H26N4O. The number of nitrogens with zero attached hydrogens (tertiary/aromatic N) is 2. The normalized spacial score (nSPS) is 20.4. The molecule has 17 heavy (non-hydrogen) atoms. The number of ether oxygens (including phenoxy) is 1. The van der Waals surface area contributed by atoms with Gasteiger partial charge in [-0.15, -0.1) is 0 Å². The van der Waals surface area contributed by atoms with Crippen LogP contribution in [0.25, 0.3) is 0 Å². The van der Waals surface area contributed by atoms with E-state index in [4.69, 9.17) is 10.5 Å². The average Bonchev–Trinajstić information content (AvgIpc) is 3.01. The van der Waals surface area contributed by atoms with E-state index in [-0.39, 0.29) is 6.04 Å². The summed E-state index contributed by atoms with van der Waals surface area (Å²) >= 11 is 0. The van der Waals surface area contributed by atoms with Crippen LogP contribution in [0.2, 0.25) is 0 Å². The van der Waals surface area contributed by atoms with Gasteiger partial charge in [0.25, 0.3) is 0 Å². The van der Waals surface area contributed by atoms with Crippen molar-refractivity contribution in [3.63, 3.8) is 0 Å². The molecule has 0 bridgehead atoms. The minimum Gasteiger partial charge on any atom is -0.383 e. The van der Waals surface area contributed by atoms with Gasteiger partial charge in [0.05, 0.1) is 13.2 Å². The lowest BCUT2D eigenvalue weighted by Crippen LogP contribution is -2.42. The minimum atomic E-state index is 0.197. The Morgan fingerprint density at radius 1 is 1.53 bits per heavy atom. The SMILES string of the molecule is COCC(C)NC(N)=NCC(C1CC1)N(C)C. The van der Waals surface area contributed by atoms with Gasteiger partial charge in [-0.1, -0.05) is 0 Å². The van der Waals surface area contributed by atoms with Crippen molar-refractivity contribution in [1.29, 1.82) is 0 Å². The zero-order valence-corrected chi connectivity index (χ0v) is 11.4. The van der Waals surface area contributed by atoms with E-state index < -0.39 is 0 Å². The van der Waals surface area contributed by atoms with Crippen LogP contribution < -0.4 is 11.1 Å². The Labute approximate surface area is 104 Å². The summed E-state index contributed by atoms with van der Waals surface area (Å²) in [6.45, 7) is 3.43. The molecule has 0 amide bonds. The lowest BCUT2D eigenvalue weighted by molar-refractivity contribution is 0.179. The second kappa shape index (κ2) is 6.81. The molecule has 5 nitrogen and oxygen atoms in total. The molecule has 1 aliphatic rings. The summed E-state index contributed by atoms with van der Waals surface area (Å²) in [6, 6.07) is 0.718. The van der Waals surface area contributed by atoms with Gasteiger partial charge in [-0.05, 0) is 39.8 Å². The Bertz CT molecular complexity index is 249. The van der Waals surface area contributed by atoms with E-state index in [1.807, 2.05) is 6.92 Å². The van der Waals surface area contributed by atoms with Crippen molar-refractivity contribution in [3.8, 4) is 0 Å². The Morgan fingerprint density at radius 3 is 2.65 bits per heavy atom. The molecule has 5 heteroatoms. The molecule has 100 valence electrons. The minimum absolute atomic E-state index is 0.197. The third kappa shape index (κ3) is 5.37. The van der Waals surface area contributed by atoms with Crippen molar-refractivity contribution in [2.75, 3.05) is 34.4 Å². The second-order valence-corrected chi connectivity index (χ2v) is 5.10. The van der Waals surface area contributed by atoms with Crippen LogP contribution in [0, 0.1) is 5.92 Å². The van der Waals surface area contributed by atoms with Crippen LogP contribution in [0.15, 0.2) is 4.99 Å². The number of hydrogen-bond acceptors (Lipinski definition) is 3. The Morgan fingerprint density at radius 2 is 2.18 bits per heavy atom. The maximum atomic E-state index is 5.84. The van der Waals surface area contributed by atoms with Gasteiger partial charge in [0.15, 0.2) is 5.96 Å². The predicted octanol–water partition coefficient (Wildman–Crippen LogP) is 0.266. The van der Waals surface area contributed by atoms with E-state index in [1.54, 1.807) is 7.11 Å². The molecule has 0 saturated heterocycles. The average molecular weight is 242 g/mol.